The minimum atomic E-state index is -3.60. The molecule has 7 heteroatoms. The smallest absolute Gasteiger partial charge is 0.240 e. The van der Waals surface area contributed by atoms with Crippen LogP contribution in [0.1, 0.15) is 17.5 Å². The quantitative estimate of drug-likeness (QED) is 0.836. The number of benzene rings is 2. The van der Waals surface area contributed by atoms with Gasteiger partial charge in [0, 0.05) is 23.1 Å². The number of fused-ring (bicyclic) bond motifs is 1. The molecule has 0 aliphatic carbocycles. The van der Waals surface area contributed by atoms with Crippen LogP contribution in [0.2, 0.25) is 0 Å². The summed E-state index contributed by atoms with van der Waals surface area (Å²) in [7, 11) is -3.60. The summed E-state index contributed by atoms with van der Waals surface area (Å²) in [6.07, 6.45) is 0.929. The minimum Gasteiger partial charge on any atom is -0.326 e. The maximum Gasteiger partial charge on any atom is 0.240 e. The number of hydrogen-bond donors (Lipinski definition) is 2. The number of sulfonamides is 1. The third-order valence-electron chi connectivity index (χ3n) is 3.64. The SMILES string of the molecule is O=C1CCc2cc(S(=O)(=O)NCc3cccc(Br)c3)ccc2N1. The third kappa shape index (κ3) is 3.80. The van der Waals surface area contributed by atoms with Crippen LogP contribution >= 0.6 is 15.9 Å². The molecule has 0 spiro atoms. The number of hydrogen-bond acceptors (Lipinski definition) is 3. The van der Waals surface area contributed by atoms with E-state index in [1.54, 1.807) is 12.1 Å². The Kier molecular flexibility index (Phi) is 4.52. The summed E-state index contributed by atoms with van der Waals surface area (Å²) in [5, 5.41) is 2.74. The molecule has 0 saturated heterocycles. The normalized spacial score (nSPS) is 14.2. The second-order valence-corrected chi connectivity index (χ2v) is 8.00. The van der Waals surface area contributed by atoms with Gasteiger partial charge in [-0.15, -0.1) is 0 Å². The van der Waals surface area contributed by atoms with Crippen LogP contribution < -0.4 is 10.0 Å². The van der Waals surface area contributed by atoms with E-state index in [2.05, 4.69) is 26.0 Å². The molecule has 1 aliphatic rings. The van der Waals surface area contributed by atoms with Crippen LogP contribution in [0.25, 0.3) is 0 Å². The van der Waals surface area contributed by atoms with Crippen LogP contribution in [0, 0.1) is 0 Å². The highest BCUT2D eigenvalue weighted by molar-refractivity contribution is 9.10. The lowest BCUT2D eigenvalue weighted by atomic mass is 10.0. The van der Waals surface area contributed by atoms with Crippen molar-refractivity contribution in [3.05, 3.63) is 58.1 Å². The van der Waals surface area contributed by atoms with Crippen molar-refractivity contribution >= 4 is 37.5 Å². The van der Waals surface area contributed by atoms with E-state index in [0.717, 1.165) is 15.6 Å². The number of aryl methyl sites for hydroxylation is 1. The molecule has 0 fully saturated rings. The minimum absolute atomic E-state index is 0.0408. The number of rotatable bonds is 4. The van der Waals surface area contributed by atoms with Crippen LogP contribution in [0.5, 0.6) is 0 Å². The van der Waals surface area contributed by atoms with Crippen molar-refractivity contribution in [1.29, 1.82) is 0 Å². The molecule has 0 unspecified atom stereocenters. The van der Waals surface area contributed by atoms with Crippen molar-refractivity contribution in [2.75, 3.05) is 5.32 Å². The largest absolute Gasteiger partial charge is 0.326 e. The zero-order valence-corrected chi connectivity index (χ0v) is 14.6. The summed E-state index contributed by atoms with van der Waals surface area (Å²) in [6.45, 7) is 0.218. The van der Waals surface area contributed by atoms with Crippen molar-refractivity contribution in [3.63, 3.8) is 0 Å². The highest BCUT2D eigenvalue weighted by atomic mass is 79.9. The van der Waals surface area contributed by atoms with Gasteiger partial charge < -0.3 is 5.32 Å². The molecule has 0 saturated carbocycles. The first-order valence-electron chi connectivity index (χ1n) is 7.11. The summed E-state index contributed by atoms with van der Waals surface area (Å²) in [4.78, 5) is 11.6. The van der Waals surface area contributed by atoms with Gasteiger partial charge in [-0.25, -0.2) is 13.1 Å². The van der Waals surface area contributed by atoms with Gasteiger partial charge in [-0.05, 0) is 47.9 Å². The molecule has 0 aromatic heterocycles. The first-order chi connectivity index (χ1) is 10.9. The molecular weight excluding hydrogens is 380 g/mol. The molecule has 0 atom stereocenters. The van der Waals surface area contributed by atoms with Gasteiger partial charge in [-0.2, -0.15) is 0 Å². The highest BCUT2D eigenvalue weighted by Crippen LogP contribution is 2.25. The molecule has 120 valence electrons. The number of nitrogens with one attached hydrogen (secondary N) is 2. The fourth-order valence-corrected chi connectivity index (χ4v) is 3.95. The van der Waals surface area contributed by atoms with Crippen molar-refractivity contribution < 1.29 is 13.2 Å². The topological polar surface area (TPSA) is 75.3 Å². The van der Waals surface area contributed by atoms with E-state index in [4.69, 9.17) is 0 Å². The predicted molar refractivity (Wildman–Crippen MR) is 91.6 cm³/mol. The van der Waals surface area contributed by atoms with E-state index < -0.39 is 10.0 Å². The van der Waals surface area contributed by atoms with Crippen LogP contribution in [0.15, 0.2) is 51.8 Å². The Labute approximate surface area is 143 Å². The lowest BCUT2D eigenvalue weighted by Crippen LogP contribution is -2.24. The molecule has 1 heterocycles. The van der Waals surface area contributed by atoms with Crippen molar-refractivity contribution in [1.82, 2.24) is 4.72 Å². The molecule has 1 amide bonds. The maximum atomic E-state index is 12.4. The zero-order chi connectivity index (χ0) is 16.4. The van der Waals surface area contributed by atoms with Crippen LogP contribution in [0.4, 0.5) is 5.69 Å². The summed E-state index contributed by atoms with van der Waals surface area (Å²) in [6, 6.07) is 12.2. The van der Waals surface area contributed by atoms with E-state index in [9.17, 15) is 13.2 Å². The summed E-state index contributed by atoms with van der Waals surface area (Å²) in [5.74, 6) is -0.0408. The van der Waals surface area contributed by atoms with E-state index in [-0.39, 0.29) is 17.3 Å². The average molecular weight is 395 g/mol. The van der Waals surface area contributed by atoms with Gasteiger partial charge in [0.2, 0.25) is 15.9 Å². The molecular formula is C16H15BrN2O3S. The van der Waals surface area contributed by atoms with Crippen LogP contribution in [-0.4, -0.2) is 14.3 Å². The monoisotopic (exact) mass is 394 g/mol. The van der Waals surface area contributed by atoms with Gasteiger partial charge in [-0.1, -0.05) is 28.1 Å². The Bertz CT molecular complexity index is 865. The van der Waals surface area contributed by atoms with Gasteiger partial charge in [0.05, 0.1) is 4.90 Å². The van der Waals surface area contributed by atoms with Gasteiger partial charge in [0.25, 0.3) is 0 Å². The van der Waals surface area contributed by atoms with E-state index in [1.807, 2.05) is 24.3 Å². The summed E-state index contributed by atoms with van der Waals surface area (Å²) < 4.78 is 28.4. The first-order valence-corrected chi connectivity index (χ1v) is 9.38. The van der Waals surface area contributed by atoms with E-state index in [1.165, 1.54) is 6.07 Å². The van der Waals surface area contributed by atoms with Gasteiger partial charge in [0.1, 0.15) is 0 Å². The highest BCUT2D eigenvalue weighted by Gasteiger charge is 2.19. The van der Waals surface area contributed by atoms with E-state index in [0.29, 0.717) is 18.5 Å². The molecule has 2 aromatic carbocycles. The molecule has 3 rings (SSSR count). The molecule has 5 nitrogen and oxygen atoms in total. The predicted octanol–water partition coefficient (Wildman–Crippen LogP) is 2.81. The Balaban J connectivity index is 1.78. The van der Waals surface area contributed by atoms with Crippen molar-refractivity contribution in [2.24, 2.45) is 0 Å². The Morgan fingerprint density at radius 2 is 1.96 bits per heavy atom. The average Bonchev–Trinajstić information content (AvgIpc) is 2.52. The molecule has 2 aromatic rings. The fourth-order valence-electron chi connectivity index (χ4n) is 2.44. The van der Waals surface area contributed by atoms with Crippen molar-refractivity contribution in [3.8, 4) is 0 Å². The van der Waals surface area contributed by atoms with Gasteiger partial charge in [0.15, 0.2) is 0 Å². The molecule has 23 heavy (non-hydrogen) atoms. The lowest BCUT2D eigenvalue weighted by molar-refractivity contribution is -0.116. The summed E-state index contributed by atoms with van der Waals surface area (Å²) >= 11 is 3.36. The number of carbonyl (C=O) groups excluding carboxylic acids is 1. The fraction of sp³-hybridized carbons (Fsp3) is 0.188. The number of anilines is 1. The standard InChI is InChI=1S/C16H15BrN2O3S/c17-13-3-1-2-11(8-13)10-18-23(21,22)14-5-6-15-12(9-14)4-7-16(20)19-15/h1-3,5-6,8-9,18H,4,7,10H2,(H,19,20). The van der Waals surface area contributed by atoms with Gasteiger partial charge >= 0.3 is 0 Å². The number of carbonyl (C=O) groups is 1. The number of halogens is 1. The Hall–Kier alpha value is -1.70. The molecule has 2 N–H and O–H groups in total. The van der Waals surface area contributed by atoms with Crippen LogP contribution in [-0.2, 0) is 27.8 Å². The maximum absolute atomic E-state index is 12.4. The Morgan fingerprint density at radius 3 is 2.74 bits per heavy atom. The Morgan fingerprint density at radius 1 is 1.13 bits per heavy atom. The molecule has 0 radical (unpaired) electrons. The van der Waals surface area contributed by atoms with Crippen LogP contribution in [0.3, 0.4) is 0 Å². The molecule has 0 bridgehead atoms. The number of amides is 1. The van der Waals surface area contributed by atoms with Crippen molar-refractivity contribution in [2.45, 2.75) is 24.3 Å². The second kappa shape index (κ2) is 6.43. The zero-order valence-electron chi connectivity index (χ0n) is 12.2. The lowest BCUT2D eigenvalue weighted by Gasteiger charge is -2.17. The molecule has 1 aliphatic heterocycles. The third-order valence-corrected chi connectivity index (χ3v) is 5.53. The summed E-state index contributed by atoms with van der Waals surface area (Å²) in [5.41, 5.74) is 2.40. The van der Waals surface area contributed by atoms with E-state index >= 15 is 0 Å². The first kappa shape index (κ1) is 16.2. The second-order valence-electron chi connectivity index (χ2n) is 5.32. The van der Waals surface area contributed by atoms with Gasteiger partial charge in [-0.3, -0.25) is 4.79 Å².